The van der Waals surface area contributed by atoms with E-state index in [1.165, 1.54) is 12.1 Å². The minimum absolute atomic E-state index is 0.0359. The van der Waals surface area contributed by atoms with Crippen LogP contribution in [0.4, 0.5) is 10.1 Å². The molecule has 0 saturated carbocycles. The molecule has 1 aromatic carbocycles. The number of nitrogens with zero attached hydrogens (tertiary/aromatic N) is 3. The molecule has 0 bridgehead atoms. The summed E-state index contributed by atoms with van der Waals surface area (Å²) in [5.41, 5.74) is 2.17. The van der Waals surface area contributed by atoms with Gasteiger partial charge in [0.1, 0.15) is 11.6 Å². The maximum absolute atomic E-state index is 13.5. The smallest absolute Gasteiger partial charge is 0.232 e. The van der Waals surface area contributed by atoms with Gasteiger partial charge in [0.15, 0.2) is 5.78 Å². The molecule has 4 rings (SSSR count). The summed E-state index contributed by atoms with van der Waals surface area (Å²) < 4.78 is 18.8. The van der Waals surface area contributed by atoms with Gasteiger partial charge < -0.3 is 14.5 Å². The molecule has 3 aliphatic heterocycles. The van der Waals surface area contributed by atoms with Gasteiger partial charge in [0.2, 0.25) is 5.91 Å². The van der Waals surface area contributed by atoms with Gasteiger partial charge >= 0.3 is 0 Å². The first-order valence-corrected chi connectivity index (χ1v) is 9.25. The van der Waals surface area contributed by atoms with Crippen molar-refractivity contribution in [2.24, 2.45) is 4.99 Å². The van der Waals surface area contributed by atoms with Crippen LogP contribution >= 0.6 is 0 Å². The Morgan fingerprint density at radius 2 is 2.11 bits per heavy atom. The third-order valence-corrected chi connectivity index (χ3v) is 5.16. The molecule has 0 unspecified atom stereocenters. The molecule has 3 heterocycles. The first-order chi connectivity index (χ1) is 13.0. The van der Waals surface area contributed by atoms with E-state index in [4.69, 9.17) is 4.74 Å². The van der Waals surface area contributed by atoms with E-state index < -0.39 is 0 Å². The lowest BCUT2D eigenvalue weighted by atomic mass is 10.1. The number of carbonyl (C=O) groups is 2. The maximum atomic E-state index is 13.5. The minimum atomic E-state index is -0.294. The van der Waals surface area contributed by atoms with Crippen molar-refractivity contribution in [1.29, 1.82) is 0 Å². The van der Waals surface area contributed by atoms with Crippen LogP contribution < -0.4 is 4.90 Å². The number of ketones is 1. The lowest BCUT2D eigenvalue weighted by molar-refractivity contribution is -0.117. The number of allylic oxidation sites excluding steroid dienone is 1. The predicted molar refractivity (Wildman–Crippen MR) is 99.2 cm³/mol. The van der Waals surface area contributed by atoms with Crippen molar-refractivity contribution in [2.75, 3.05) is 31.2 Å². The Labute approximate surface area is 157 Å². The molecule has 3 aliphatic rings. The van der Waals surface area contributed by atoms with E-state index in [1.54, 1.807) is 17.0 Å². The number of rotatable bonds is 3. The topological polar surface area (TPSA) is 62.2 Å². The van der Waals surface area contributed by atoms with Gasteiger partial charge in [-0.2, -0.15) is 0 Å². The maximum Gasteiger partial charge on any atom is 0.232 e. The van der Waals surface area contributed by atoms with Crippen molar-refractivity contribution in [2.45, 2.75) is 32.2 Å². The van der Waals surface area contributed by atoms with Crippen molar-refractivity contribution in [1.82, 2.24) is 4.90 Å². The summed E-state index contributed by atoms with van der Waals surface area (Å²) >= 11 is 0. The Kier molecular flexibility index (Phi) is 4.78. The Balaban J connectivity index is 1.52. The van der Waals surface area contributed by atoms with Crippen LogP contribution in [0.2, 0.25) is 0 Å². The number of benzene rings is 1. The summed E-state index contributed by atoms with van der Waals surface area (Å²) in [7, 11) is 0. The highest BCUT2D eigenvalue weighted by atomic mass is 19.1. The molecular weight excluding hydrogens is 349 g/mol. The fourth-order valence-corrected chi connectivity index (χ4v) is 3.93. The zero-order chi connectivity index (χ0) is 19.0. The highest BCUT2D eigenvalue weighted by Gasteiger charge is 2.32. The van der Waals surface area contributed by atoms with Gasteiger partial charge in [0, 0.05) is 43.0 Å². The van der Waals surface area contributed by atoms with Crippen LogP contribution in [-0.4, -0.2) is 54.6 Å². The molecule has 1 aromatic rings. The summed E-state index contributed by atoms with van der Waals surface area (Å²) in [4.78, 5) is 33.4. The van der Waals surface area contributed by atoms with Gasteiger partial charge in [-0.05, 0) is 37.1 Å². The zero-order valence-corrected chi connectivity index (χ0v) is 15.3. The summed E-state index contributed by atoms with van der Waals surface area (Å²) in [5.74, 6) is 0.181. The number of carbonyl (C=O) groups excluding carboxylic acids is 2. The first-order valence-electron chi connectivity index (χ1n) is 9.25. The molecule has 1 fully saturated rings. The molecule has 0 N–H and O–H groups in total. The largest absolute Gasteiger partial charge is 0.378 e. The normalized spacial score (nSPS) is 22.4. The molecule has 7 heteroatoms. The molecule has 0 radical (unpaired) electrons. The highest BCUT2D eigenvalue weighted by molar-refractivity contribution is 6.16. The molecule has 0 spiro atoms. The number of anilines is 1. The second-order valence-corrected chi connectivity index (χ2v) is 7.19. The zero-order valence-electron chi connectivity index (χ0n) is 15.3. The Morgan fingerprint density at radius 3 is 2.89 bits per heavy atom. The van der Waals surface area contributed by atoms with Crippen LogP contribution in [0.3, 0.4) is 0 Å². The van der Waals surface area contributed by atoms with Gasteiger partial charge in [0.05, 0.1) is 19.6 Å². The van der Waals surface area contributed by atoms with Gasteiger partial charge in [-0.1, -0.05) is 0 Å². The lowest BCUT2D eigenvalue weighted by Crippen LogP contribution is -2.38. The number of morpholine rings is 1. The second-order valence-electron chi connectivity index (χ2n) is 7.19. The molecule has 1 atom stereocenters. The van der Waals surface area contributed by atoms with E-state index in [1.807, 2.05) is 11.8 Å². The van der Waals surface area contributed by atoms with Crippen LogP contribution in [0.1, 0.15) is 25.3 Å². The van der Waals surface area contributed by atoms with E-state index in [9.17, 15) is 14.0 Å². The Hall–Kier alpha value is -2.54. The number of halogens is 1. The molecule has 0 aliphatic carbocycles. The molecule has 6 nitrogen and oxygen atoms in total. The summed E-state index contributed by atoms with van der Waals surface area (Å²) in [6.07, 6.45) is 2.44. The number of hydrogen-bond donors (Lipinski definition) is 0. The van der Waals surface area contributed by atoms with E-state index in [0.29, 0.717) is 44.3 Å². The Morgan fingerprint density at radius 1 is 1.33 bits per heavy atom. The molecule has 1 saturated heterocycles. The minimum Gasteiger partial charge on any atom is -0.378 e. The van der Waals surface area contributed by atoms with Gasteiger partial charge in [-0.15, -0.1) is 0 Å². The van der Waals surface area contributed by atoms with Crippen molar-refractivity contribution in [3.63, 3.8) is 0 Å². The van der Waals surface area contributed by atoms with E-state index in [0.717, 1.165) is 11.3 Å². The molecule has 0 aromatic heterocycles. The third-order valence-electron chi connectivity index (χ3n) is 5.16. The van der Waals surface area contributed by atoms with Crippen LogP contribution in [0.25, 0.3) is 0 Å². The molecular formula is C20H22FN3O3. The number of hydrogen-bond acceptors (Lipinski definition) is 5. The number of fused-ring (bicyclic) bond motifs is 1. The van der Waals surface area contributed by atoms with Crippen molar-refractivity contribution in [3.8, 4) is 0 Å². The van der Waals surface area contributed by atoms with Crippen LogP contribution in [0.5, 0.6) is 0 Å². The predicted octanol–water partition coefficient (Wildman–Crippen LogP) is 2.08. The van der Waals surface area contributed by atoms with Crippen molar-refractivity contribution >= 4 is 23.1 Å². The average Bonchev–Trinajstić information content (AvgIpc) is 2.96. The van der Waals surface area contributed by atoms with Gasteiger partial charge in [-0.3, -0.25) is 9.59 Å². The average molecular weight is 371 g/mol. The summed E-state index contributed by atoms with van der Waals surface area (Å²) in [5, 5.41) is 0. The van der Waals surface area contributed by atoms with Crippen LogP contribution in [0, 0.1) is 5.82 Å². The van der Waals surface area contributed by atoms with Gasteiger partial charge in [-0.25, -0.2) is 9.38 Å². The monoisotopic (exact) mass is 371 g/mol. The third kappa shape index (κ3) is 3.64. The number of amides is 1. The SMILES string of the molecule is C[C@@H]1Cc2cc(F)ccc2N1C(=O)CC1=NC(N2CCOCC2)=CC(=O)C1. The first kappa shape index (κ1) is 17.9. The highest BCUT2D eigenvalue weighted by Crippen LogP contribution is 2.33. The van der Waals surface area contributed by atoms with Crippen LogP contribution in [-0.2, 0) is 20.7 Å². The summed E-state index contributed by atoms with van der Waals surface area (Å²) in [6.45, 7) is 4.53. The molecule has 1 amide bonds. The van der Waals surface area contributed by atoms with Gasteiger partial charge in [0.25, 0.3) is 0 Å². The molecule has 27 heavy (non-hydrogen) atoms. The fourth-order valence-electron chi connectivity index (χ4n) is 3.93. The number of aliphatic imine (C=N–C) groups is 1. The molecule has 142 valence electrons. The van der Waals surface area contributed by atoms with Crippen molar-refractivity contribution in [3.05, 3.63) is 41.5 Å². The van der Waals surface area contributed by atoms with E-state index in [2.05, 4.69) is 4.99 Å². The standard InChI is InChI=1S/C20H22FN3O3/c1-13-8-14-9-15(21)2-3-18(14)24(13)20(26)11-16-10-17(25)12-19(22-16)23-4-6-27-7-5-23/h2-3,9,12-13H,4-8,10-11H2,1H3/t13-/m1/s1. The van der Waals surface area contributed by atoms with Crippen molar-refractivity contribution < 1.29 is 18.7 Å². The Bertz CT molecular complexity index is 843. The van der Waals surface area contributed by atoms with E-state index in [-0.39, 0.29) is 36.4 Å². The second kappa shape index (κ2) is 7.23. The fraction of sp³-hybridized carbons (Fsp3) is 0.450. The summed E-state index contributed by atoms with van der Waals surface area (Å²) in [6, 6.07) is 4.47. The number of ether oxygens (including phenoxy) is 1. The van der Waals surface area contributed by atoms with Crippen LogP contribution in [0.15, 0.2) is 35.1 Å². The van der Waals surface area contributed by atoms with E-state index >= 15 is 0 Å². The quantitative estimate of drug-likeness (QED) is 0.816. The lowest BCUT2D eigenvalue weighted by Gasteiger charge is -2.30.